The van der Waals surface area contributed by atoms with Gasteiger partial charge in [0, 0.05) is 35.1 Å². The zero-order valence-corrected chi connectivity index (χ0v) is 16.8. The second-order valence-corrected chi connectivity index (χ2v) is 9.60. The van der Waals surface area contributed by atoms with Gasteiger partial charge in [0.2, 0.25) is 0 Å². The lowest BCUT2D eigenvalue weighted by molar-refractivity contribution is 0.0956. The van der Waals surface area contributed by atoms with E-state index < -0.39 is 0 Å². The molecule has 0 spiro atoms. The maximum atomic E-state index is 12.2. The van der Waals surface area contributed by atoms with Crippen molar-refractivity contribution in [3.63, 3.8) is 0 Å². The van der Waals surface area contributed by atoms with Gasteiger partial charge in [-0.2, -0.15) is 17.0 Å². The summed E-state index contributed by atoms with van der Waals surface area (Å²) in [5.74, 6) is 3.98. The van der Waals surface area contributed by atoms with Gasteiger partial charge in [-0.15, -0.1) is 23.5 Å². The standard InChI is InChI=1S/C20H20N2OS3/c21-13-17-3-1-2-4-18(17)14-24-10-9-22-19(23)15-5-7-16(8-6-15)20-25-11-12-26-20/h1-8,20H,9-12,14H2,(H,22,23). The summed E-state index contributed by atoms with van der Waals surface area (Å²) in [5.41, 5.74) is 3.77. The van der Waals surface area contributed by atoms with E-state index in [0.717, 1.165) is 22.6 Å². The van der Waals surface area contributed by atoms with Gasteiger partial charge in [-0.25, -0.2) is 0 Å². The highest BCUT2D eigenvalue weighted by Crippen LogP contribution is 2.45. The minimum Gasteiger partial charge on any atom is -0.351 e. The van der Waals surface area contributed by atoms with E-state index in [2.05, 4.69) is 23.5 Å². The van der Waals surface area contributed by atoms with Gasteiger partial charge in [0.25, 0.3) is 5.91 Å². The zero-order valence-electron chi connectivity index (χ0n) is 14.3. The number of nitrogens with one attached hydrogen (secondary N) is 1. The van der Waals surface area contributed by atoms with Crippen LogP contribution in [-0.4, -0.2) is 29.7 Å². The van der Waals surface area contributed by atoms with E-state index in [1.807, 2.05) is 59.9 Å². The smallest absolute Gasteiger partial charge is 0.251 e. The van der Waals surface area contributed by atoms with E-state index >= 15 is 0 Å². The molecule has 0 aliphatic carbocycles. The number of carbonyl (C=O) groups is 1. The minimum absolute atomic E-state index is 0.0266. The molecule has 134 valence electrons. The molecule has 1 aliphatic heterocycles. The topological polar surface area (TPSA) is 52.9 Å². The molecule has 0 radical (unpaired) electrons. The summed E-state index contributed by atoms with van der Waals surface area (Å²) < 4.78 is 0.514. The first kappa shape index (κ1) is 19.2. The van der Waals surface area contributed by atoms with Crippen molar-refractivity contribution in [3.05, 3.63) is 70.8 Å². The number of amides is 1. The van der Waals surface area contributed by atoms with Crippen molar-refractivity contribution in [2.45, 2.75) is 10.3 Å². The molecule has 6 heteroatoms. The lowest BCUT2D eigenvalue weighted by Crippen LogP contribution is -2.25. The third-order valence-electron chi connectivity index (χ3n) is 3.99. The van der Waals surface area contributed by atoms with Crippen molar-refractivity contribution in [3.8, 4) is 6.07 Å². The predicted molar refractivity (Wildman–Crippen MR) is 114 cm³/mol. The Morgan fingerprint density at radius 1 is 1.15 bits per heavy atom. The third-order valence-corrected chi connectivity index (χ3v) is 8.11. The number of nitriles is 1. The largest absolute Gasteiger partial charge is 0.351 e. The SMILES string of the molecule is N#Cc1ccccc1CSCCNC(=O)c1ccc(C2SCCS2)cc1. The van der Waals surface area contributed by atoms with Crippen LogP contribution < -0.4 is 5.32 Å². The molecule has 2 aromatic carbocycles. The average molecular weight is 401 g/mol. The second-order valence-electron chi connectivity index (χ2n) is 5.77. The Morgan fingerprint density at radius 3 is 2.62 bits per heavy atom. The molecule has 0 aromatic heterocycles. The minimum atomic E-state index is -0.0266. The van der Waals surface area contributed by atoms with Crippen LogP contribution in [-0.2, 0) is 5.75 Å². The summed E-state index contributed by atoms with van der Waals surface area (Å²) in [6, 6.07) is 17.8. The summed E-state index contributed by atoms with van der Waals surface area (Å²) in [6.07, 6.45) is 0. The first-order chi connectivity index (χ1) is 12.8. The van der Waals surface area contributed by atoms with Crippen LogP contribution in [0, 0.1) is 11.3 Å². The lowest BCUT2D eigenvalue weighted by Gasteiger charge is -2.10. The van der Waals surface area contributed by atoms with Crippen molar-refractivity contribution >= 4 is 41.2 Å². The fourth-order valence-corrected chi connectivity index (χ4v) is 6.34. The molecule has 1 N–H and O–H groups in total. The highest BCUT2D eigenvalue weighted by atomic mass is 32.2. The first-order valence-electron chi connectivity index (χ1n) is 8.45. The van der Waals surface area contributed by atoms with E-state index in [9.17, 15) is 4.79 Å². The van der Waals surface area contributed by atoms with E-state index in [4.69, 9.17) is 5.26 Å². The summed E-state index contributed by atoms with van der Waals surface area (Å²) in [6.45, 7) is 0.619. The number of hydrogen-bond acceptors (Lipinski definition) is 5. The molecule has 0 saturated carbocycles. The number of nitrogens with zero attached hydrogens (tertiary/aromatic N) is 1. The molecule has 3 rings (SSSR count). The van der Waals surface area contributed by atoms with Crippen LogP contribution in [0.25, 0.3) is 0 Å². The molecular formula is C20H20N2OS3. The van der Waals surface area contributed by atoms with Gasteiger partial charge in [0.15, 0.2) is 0 Å². The number of hydrogen-bond donors (Lipinski definition) is 1. The molecule has 3 nitrogen and oxygen atoms in total. The van der Waals surface area contributed by atoms with Crippen LogP contribution in [0.3, 0.4) is 0 Å². The molecule has 0 unspecified atom stereocenters. The summed E-state index contributed by atoms with van der Waals surface area (Å²) in [5, 5.41) is 12.1. The molecule has 1 fully saturated rings. The van der Waals surface area contributed by atoms with Gasteiger partial charge in [0.1, 0.15) is 0 Å². The van der Waals surface area contributed by atoms with Crippen LogP contribution in [0.4, 0.5) is 0 Å². The Labute approximate surface area is 167 Å². The van der Waals surface area contributed by atoms with Gasteiger partial charge >= 0.3 is 0 Å². The van der Waals surface area contributed by atoms with Crippen molar-refractivity contribution in [2.24, 2.45) is 0 Å². The Hall–Kier alpha value is -1.55. The summed E-state index contributed by atoms with van der Waals surface area (Å²) in [4.78, 5) is 12.2. The number of rotatable bonds is 7. The van der Waals surface area contributed by atoms with Crippen LogP contribution >= 0.6 is 35.3 Å². The van der Waals surface area contributed by atoms with Crippen LogP contribution in [0.5, 0.6) is 0 Å². The molecule has 1 heterocycles. The van der Waals surface area contributed by atoms with Gasteiger partial charge in [-0.1, -0.05) is 30.3 Å². The first-order valence-corrected chi connectivity index (χ1v) is 11.7. The van der Waals surface area contributed by atoms with Crippen LogP contribution in [0.1, 0.15) is 31.6 Å². The highest BCUT2D eigenvalue weighted by molar-refractivity contribution is 8.19. The van der Waals surface area contributed by atoms with Crippen LogP contribution in [0.2, 0.25) is 0 Å². The Kier molecular flexibility index (Phi) is 7.36. The molecule has 0 atom stereocenters. The van der Waals surface area contributed by atoms with Gasteiger partial charge < -0.3 is 5.32 Å². The Balaban J connectivity index is 1.40. The number of thioether (sulfide) groups is 3. The molecular weight excluding hydrogens is 380 g/mol. The monoisotopic (exact) mass is 400 g/mol. The van der Waals surface area contributed by atoms with Crippen LogP contribution in [0.15, 0.2) is 48.5 Å². The molecule has 26 heavy (non-hydrogen) atoms. The van der Waals surface area contributed by atoms with Crippen molar-refractivity contribution in [1.29, 1.82) is 5.26 Å². The Bertz CT molecular complexity index is 780. The fraction of sp³-hybridized carbons (Fsp3) is 0.300. The Morgan fingerprint density at radius 2 is 1.88 bits per heavy atom. The quantitative estimate of drug-likeness (QED) is 0.683. The molecule has 0 bridgehead atoms. The number of benzene rings is 2. The zero-order chi connectivity index (χ0) is 18.2. The van der Waals surface area contributed by atoms with Crippen molar-refractivity contribution in [1.82, 2.24) is 5.32 Å². The second kappa shape index (κ2) is 9.96. The molecule has 2 aromatic rings. The third kappa shape index (κ3) is 5.23. The maximum Gasteiger partial charge on any atom is 0.251 e. The fourth-order valence-electron chi connectivity index (χ4n) is 2.62. The van der Waals surface area contributed by atoms with E-state index in [1.165, 1.54) is 17.1 Å². The summed E-state index contributed by atoms with van der Waals surface area (Å²) in [7, 11) is 0. The highest BCUT2D eigenvalue weighted by Gasteiger charge is 2.18. The van der Waals surface area contributed by atoms with E-state index in [1.54, 1.807) is 11.8 Å². The van der Waals surface area contributed by atoms with E-state index in [0.29, 0.717) is 16.7 Å². The van der Waals surface area contributed by atoms with Crippen molar-refractivity contribution in [2.75, 3.05) is 23.8 Å². The summed E-state index contributed by atoms with van der Waals surface area (Å²) >= 11 is 5.66. The normalized spacial score (nSPS) is 14.1. The van der Waals surface area contributed by atoms with Gasteiger partial charge in [-0.3, -0.25) is 4.79 Å². The lowest BCUT2D eigenvalue weighted by atomic mass is 10.1. The molecule has 1 saturated heterocycles. The molecule has 1 amide bonds. The van der Waals surface area contributed by atoms with Gasteiger partial charge in [-0.05, 0) is 29.3 Å². The van der Waals surface area contributed by atoms with E-state index in [-0.39, 0.29) is 5.91 Å². The predicted octanol–water partition coefficient (Wildman–Crippen LogP) is 4.70. The average Bonchev–Trinajstić information content (AvgIpc) is 3.23. The van der Waals surface area contributed by atoms with Crippen molar-refractivity contribution < 1.29 is 4.79 Å². The number of carbonyl (C=O) groups excluding carboxylic acids is 1. The maximum absolute atomic E-state index is 12.2. The van der Waals surface area contributed by atoms with Gasteiger partial charge in [0.05, 0.1) is 16.2 Å². The molecule has 1 aliphatic rings.